The maximum Gasteiger partial charge on any atom is 0.140 e. The number of halogens is 2. The quantitative estimate of drug-likeness (QED) is 0.588. The average Bonchev–Trinajstić information content (AvgIpc) is 2.02. The molecule has 0 radical (unpaired) electrons. The van der Waals surface area contributed by atoms with Crippen molar-refractivity contribution in [2.75, 3.05) is 0 Å². The van der Waals surface area contributed by atoms with E-state index < -0.39 is 0 Å². The fourth-order valence-corrected chi connectivity index (χ4v) is 1.68. The lowest BCUT2D eigenvalue weighted by atomic mass is 10.1. The van der Waals surface area contributed by atoms with E-state index in [2.05, 4.69) is 4.98 Å². The molecule has 13 heavy (non-hydrogen) atoms. The number of hydrogen-bond acceptors (Lipinski definition) is 1. The summed E-state index contributed by atoms with van der Waals surface area (Å²) >= 11 is 5.82. The van der Waals surface area contributed by atoms with Gasteiger partial charge in [-0.05, 0) is 24.4 Å². The van der Waals surface area contributed by atoms with Crippen molar-refractivity contribution in [2.45, 2.75) is 6.92 Å². The lowest BCUT2D eigenvalue weighted by Gasteiger charge is -2.02. The summed E-state index contributed by atoms with van der Waals surface area (Å²) in [6.07, 6.45) is 0. The molecule has 0 aliphatic rings. The highest BCUT2D eigenvalue weighted by atomic mass is 35.5. The predicted octanol–water partition coefficient (Wildman–Crippen LogP) is 3.34. The minimum atomic E-state index is -0.324. The highest BCUT2D eigenvalue weighted by Gasteiger charge is 2.05. The number of hydrogen-bond donors (Lipinski definition) is 0. The summed E-state index contributed by atoms with van der Waals surface area (Å²) in [6.45, 7) is 1.83. The first-order chi connectivity index (χ1) is 6.18. The SMILES string of the molecule is Cc1cc2cccc(F)c2c(Cl)n1. The van der Waals surface area contributed by atoms with Gasteiger partial charge in [0.25, 0.3) is 0 Å². The van der Waals surface area contributed by atoms with Gasteiger partial charge in [-0.15, -0.1) is 0 Å². The topological polar surface area (TPSA) is 12.9 Å². The highest BCUT2D eigenvalue weighted by molar-refractivity contribution is 6.34. The molecule has 3 heteroatoms. The minimum absolute atomic E-state index is 0.230. The third-order valence-electron chi connectivity index (χ3n) is 1.89. The first-order valence-corrected chi connectivity index (χ1v) is 4.27. The van der Waals surface area contributed by atoms with Crippen LogP contribution in [0.15, 0.2) is 24.3 Å². The van der Waals surface area contributed by atoms with Gasteiger partial charge in [-0.3, -0.25) is 0 Å². The van der Waals surface area contributed by atoms with Crippen molar-refractivity contribution in [3.8, 4) is 0 Å². The molecule has 0 N–H and O–H groups in total. The zero-order chi connectivity index (χ0) is 9.42. The van der Waals surface area contributed by atoms with Crippen LogP contribution in [0.2, 0.25) is 5.15 Å². The summed E-state index contributed by atoms with van der Waals surface area (Å²) in [5.41, 5.74) is 0.795. The maximum absolute atomic E-state index is 13.3. The largest absolute Gasteiger partial charge is 0.241 e. The van der Waals surface area contributed by atoms with Crippen LogP contribution in [0.4, 0.5) is 4.39 Å². The van der Waals surface area contributed by atoms with Gasteiger partial charge in [-0.2, -0.15) is 0 Å². The Morgan fingerprint density at radius 3 is 2.92 bits per heavy atom. The Kier molecular flexibility index (Phi) is 1.93. The van der Waals surface area contributed by atoms with Gasteiger partial charge in [-0.1, -0.05) is 23.7 Å². The van der Waals surface area contributed by atoms with Crippen molar-refractivity contribution < 1.29 is 4.39 Å². The second kappa shape index (κ2) is 2.96. The van der Waals surface area contributed by atoms with E-state index in [1.54, 1.807) is 6.07 Å². The lowest BCUT2D eigenvalue weighted by molar-refractivity contribution is 0.639. The monoisotopic (exact) mass is 195 g/mol. The number of pyridine rings is 1. The number of rotatable bonds is 0. The van der Waals surface area contributed by atoms with Crippen LogP contribution in [0.25, 0.3) is 10.8 Å². The van der Waals surface area contributed by atoms with Crippen LogP contribution in [0, 0.1) is 12.7 Å². The second-order valence-corrected chi connectivity index (χ2v) is 3.25. The molecule has 0 spiro atoms. The van der Waals surface area contributed by atoms with E-state index in [1.807, 2.05) is 19.1 Å². The van der Waals surface area contributed by atoms with E-state index >= 15 is 0 Å². The maximum atomic E-state index is 13.3. The smallest absolute Gasteiger partial charge is 0.140 e. The van der Waals surface area contributed by atoms with Crippen LogP contribution >= 0.6 is 11.6 Å². The molecule has 0 aliphatic carbocycles. The molecule has 0 fully saturated rings. The van der Waals surface area contributed by atoms with Crippen molar-refractivity contribution in [3.05, 3.63) is 40.9 Å². The first kappa shape index (κ1) is 8.45. The number of nitrogens with zero attached hydrogens (tertiary/aromatic N) is 1. The lowest BCUT2D eigenvalue weighted by Crippen LogP contribution is -1.87. The minimum Gasteiger partial charge on any atom is -0.241 e. The number of fused-ring (bicyclic) bond motifs is 1. The van der Waals surface area contributed by atoms with Gasteiger partial charge in [0, 0.05) is 5.69 Å². The van der Waals surface area contributed by atoms with E-state index in [-0.39, 0.29) is 11.0 Å². The van der Waals surface area contributed by atoms with Crippen LogP contribution in [0.1, 0.15) is 5.69 Å². The molecule has 2 rings (SSSR count). The second-order valence-electron chi connectivity index (χ2n) is 2.89. The van der Waals surface area contributed by atoms with Crippen LogP contribution in [-0.4, -0.2) is 4.98 Å². The Labute approximate surface area is 80.2 Å². The van der Waals surface area contributed by atoms with Gasteiger partial charge in [0.2, 0.25) is 0 Å². The molecule has 66 valence electrons. The molecular formula is C10H7ClFN. The molecule has 2 aromatic rings. The zero-order valence-electron chi connectivity index (χ0n) is 7.01. The molecule has 1 heterocycles. The summed E-state index contributed by atoms with van der Waals surface area (Å²) in [5.74, 6) is -0.324. The van der Waals surface area contributed by atoms with Gasteiger partial charge < -0.3 is 0 Å². The van der Waals surface area contributed by atoms with Crippen molar-refractivity contribution in [1.82, 2.24) is 4.98 Å². The van der Waals surface area contributed by atoms with Gasteiger partial charge in [0.1, 0.15) is 11.0 Å². The molecule has 0 bridgehead atoms. The van der Waals surface area contributed by atoms with Crippen molar-refractivity contribution in [2.24, 2.45) is 0 Å². The third kappa shape index (κ3) is 1.38. The summed E-state index contributed by atoms with van der Waals surface area (Å²) < 4.78 is 13.3. The third-order valence-corrected chi connectivity index (χ3v) is 2.16. The van der Waals surface area contributed by atoms with Gasteiger partial charge in [-0.25, -0.2) is 9.37 Å². The molecule has 1 aromatic carbocycles. The van der Waals surface area contributed by atoms with Crippen molar-refractivity contribution in [1.29, 1.82) is 0 Å². The van der Waals surface area contributed by atoms with E-state index in [1.165, 1.54) is 6.07 Å². The summed E-state index contributed by atoms with van der Waals surface area (Å²) in [6, 6.07) is 6.67. The molecule has 0 saturated carbocycles. The molecular weight excluding hydrogens is 189 g/mol. The van der Waals surface area contributed by atoms with Crippen LogP contribution in [0.3, 0.4) is 0 Å². The molecule has 0 unspecified atom stereocenters. The zero-order valence-corrected chi connectivity index (χ0v) is 7.77. The Bertz CT molecular complexity index is 468. The van der Waals surface area contributed by atoms with Crippen LogP contribution < -0.4 is 0 Å². The molecule has 1 aromatic heterocycles. The standard InChI is InChI=1S/C10H7ClFN/c1-6-5-7-3-2-4-8(12)9(7)10(11)13-6/h2-5H,1H3. The van der Waals surface area contributed by atoms with Crippen molar-refractivity contribution >= 4 is 22.4 Å². The van der Waals surface area contributed by atoms with Gasteiger partial charge >= 0.3 is 0 Å². The molecule has 0 atom stereocenters. The fourth-order valence-electron chi connectivity index (χ4n) is 1.35. The summed E-state index contributed by atoms with van der Waals surface area (Å²) in [5, 5.41) is 1.42. The average molecular weight is 196 g/mol. The summed E-state index contributed by atoms with van der Waals surface area (Å²) in [7, 11) is 0. The summed E-state index contributed by atoms with van der Waals surface area (Å²) in [4.78, 5) is 3.99. The normalized spacial score (nSPS) is 10.7. The van der Waals surface area contributed by atoms with Gasteiger partial charge in [0.05, 0.1) is 5.39 Å². The number of aryl methyl sites for hydroxylation is 1. The molecule has 0 saturated heterocycles. The predicted molar refractivity (Wildman–Crippen MR) is 51.4 cm³/mol. The van der Waals surface area contributed by atoms with Crippen molar-refractivity contribution in [3.63, 3.8) is 0 Å². The number of aromatic nitrogens is 1. The Morgan fingerprint density at radius 2 is 2.15 bits per heavy atom. The van der Waals surface area contributed by atoms with E-state index in [0.717, 1.165) is 11.1 Å². The fraction of sp³-hybridized carbons (Fsp3) is 0.100. The van der Waals surface area contributed by atoms with Gasteiger partial charge in [0.15, 0.2) is 0 Å². The Balaban J connectivity index is 2.94. The molecule has 0 amide bonds. The first-order valence-electron chi connectivity index (χ1n) is 3.90. The molecule has 1 nitrogen and oxygen atoms in total. The van der Waals surface area contributed by atoms with E-state index in [4.69, 9.17) is 11.6 Å². The Morgan fingerprint density at radius 1 is 1.38 bits per heavy atom. The number of benzene rings is 1. The highest BCUT2D eigenvalue weighted by Crippen LogP contribution is 2.24. The van der Waals surface area contributed by atoms with E-state index in [9.17, 15) is 4.39 Å². The Hall–Kier alpha value is -1.15. The van der Waals surface area contributed by atoms with E-state index in [0.29, 0.717) is 5.39 Å². The van der Waals surface area contributed by atoms with Crippen LogP contribution in [0.5, 0.6) is 0 Å². The molecule has 0 aliphatic heterocycles. The van der Waals surface area contributed by atoms with Crippen LogP contribution in [-0.2, 0) is 0 Å².